The number of hydrogen-bond acceptors (Lipinski definition) is 9. The molecule has 0 saturated carbocycles. The van der Waals surface area contributed by atoms with Gasteiger partial charge in [-0.25, -0.2) is 14.6 Å². The quantitative estimate of drug-likeness (QED) is 0.147. The summed E-state index contributed by atoms with van der Waals surface area (Å²) in [6.45, 7) is 4.11. The molecule has 0 amide bonds. The predicted octanol–water partition coefficient (Wildman–Crippen LogP) is 6.35. The molecule has 0 unspecified atom stereocenters. The topological polar surface area (TPSA) is 105 Å². The van der Waals surface area contributed by atoms with Gasteiger partial charge < -0.3 is 18.9 Å². The fourth-order valence-electron chi connectivity index (χ4n) is 5.61. The lowest BCUT2D eigenvalue weighted by atomic mass is 9.93. The highest BCUT2D eigenvalue weighted by atomic mass is 35.5. The average Bonchev–Trinajstić information content (AvgIpc) is 3.45. The van der Waals surface area contributed by atoms with E-state index in [1.54, 1.807) is 81.6 Å². The van der Waals surface area contributed by atoms with E-state index in [1.165, 1.54) is 15.9 Å². The number of thiazole rings is 1. The van der Waals surface area contributed by atoms with Gasteiger partial charge in [-0.1, -0.05) is 89.7 Å². The first-order valence-electron chi connectivity index (χ1n) is 15.9. The monoisotopic (exact) mass is 708 g/mol. The van der Waals surface area contributed by atoms with Crippen molar-refractivity contribution in [1.29, 1.82) is 0 Å². The summed E-state index contributed by atoms with van der Waals surface area (Å²) in [6, 6.07) is 27.9. The molecule has 0 radical (unpaired) electrons. The van der Waals surface area contributed by atoms with Crippen LogP contribution in [0, 0.1) is 0 Å². The van der Waals surface area contributed by atoms with Crippen LogP contribution in [0.4, 0.5) is 0 Å². The highest BCUT2D eigenvalue weighted by molar-refractivity contribution is 7.07. The molecule has 1 atom stereocenters. The normalized spacial score (nSPS) is 14.1. The molecule has 0 aliphatic carbocycles. The van der Waals surface area contributed by atoms with Gasteiger partial charge in [0.25, 0.3) is 5.56 Å². The molecule has 1 aromatic heterocycles. The first-order valence-corrected chi connectivity index (χ1v) is 17.1. The van der Waals surface area contributed by atoms with Gasteiger partial charge in [0.2, 0.25) is 0 Å². The highest BCUT2D eigenvalue weighted by Crippen LogP contribution is 2.36. The van der Waals surface area contributed by atoms with Crippen LogP contribution >= 0.6 is 22.9 Å². The van der Waals surface area contributed by atoms with E-state index in [-0.39, 0.29) is 24.3 Å². The fraction of sp³-hybridized carbons (Fsp3) is 0.179. The summed E-state index contributed by atoms with van der Waals surface area (Å²) in [7, 11) is 1.54. The Morgan fingerprint density at radius 2 is 1.58 bits per heavy atom. The zero-order valence-corrected chi connectivity index (χ0v) is 29.1. The van der Waals surface area contributed by atoms with Gasteiger partial charge in [-0.05, 0) is 61.4 Å². The smallest absolute Gasteiger partial charge is 0.338 e. The minimum atomic E-state index is -0.835. The molecule has 0 spiro atoms. The predicted molar refractivity (Wildman–Crippen MR) is 192 cm³/mol. The largest absolute Gasteiger partial charge is 0.493 e. The summed E-state index contributed by atoms with van der Waals surface area (Å²) in [5.74, 6) is -0.0495. The van der Waals surface area contributed by atoms with Gasteiger partial charge in [0, 0.05) is 16.1 Å². The van der Waals surface area contributed by atoms with E-state index in [0.29, 0.717) is 60.4 Å². The Bertz CT molecular complexity index is 2240. The van der Waals surface area contributed by atoms with Crippen molar-refractivity contribution >= 4 is 46.6 Å². The second-order valence-electron chi connectivity index (χ2n) is 11.1. The molecule has 0 saturated heterocycles. The van der Waals surface area contributed by atoms with Crippen molar-refractivity contribution in [3.8, 4) is 11.5 Å². The molecule has 6 rings (SSSR count). The number of esters is 2. The molecular weight excluding hydrogens is 676 g/mol. The number of para-hydroxylation sites is 1. The number of fused-ring (bicyclic) bond motifs is 1. The molecule has 1 aliphatic rings. The molecule has 254 valence electrons. The lowest BCUT2D eigenvalue weighted by molar-refractivity contribution is -0.138. The van der Waals surface area contributed by atoms with E-state index in [9.17, 15) is 14.4 Å². The van der Waals surface area contributed by atoms with Crippen molar-refractivity contribution in [2.75, 3.05) is 20.3 Å². The van der Waals surface area contributed by atoms with Crippen molar-refractivity contribution in [1.82, 2.24) is 4.57 Å². The average molecular weight is 709 g/mol. The zero-order valence-electron chi connectivity index (χ0n) is 27.6. The van der Waals surface area contributed by atoms with Gasteiger partial charge >= 0.3 is 11.9 Å². The Morgan fingerprint density at radius 1 is 0.880 bits per heavy atom. The van der Waals surface area contributed by atoms with Crippen LogP contribution in [-0.4, -0.2) is 36.8 Å². The molecule has 0 bridgehead atoms. The Morgan fingerprint density at radius 3 is 2.26 bits per heavy atom. The van der Waals surface area contributed by atoms with E-state index in [4.69, 9.17) is 35.5 Å². The van der Waals surface area contributed by atoms with Crippen molar-refractivity contribution in [3.63, 3.8) is 0 Å². The number of halogens is 1. The second-order valence-corrected chi connectivity index (χ2v) is 12.5. The summed E-state index contributed by atoms with van der Waals surface area (Å²) >= 11 is 7.46. The van der Waals surface area contributed by atoms with Crippen LogP contribution in [0.5, 0.6) is 11.5 Å². The SMILES string of the molecule is CCOC(=O)C1=C(c2ccccc2)N=c2s/c(=C\c3cccc(OC)c3OCc3ccc(C(=O)OCC)cc3)c(=O)n2[C@H]1c1ccc(Cl)cc1. The molecule has 0 fully saturated rings. The minimum absolute atomic E-state index is 0.149. The fourth-order valence-corrected chi connectivity index (χ4v) is 6.73. The Kier molecular flexibility index (Phi) is 10.6. The van der Waals surface area contributed by atoms with Gasteiger partial charge in [-0.3, -0.25) is 9.36 Å². The number of carbonyl (C=O) groups excluding carboxylic acids is 2. The lowest BCUT2D eigenvalue weighted by Gasteiger charge is -2.26. The maximum Gasteiger partial charge on any atom is 0.338 e. The number of benzene rings is 4. The summed E-state index contributed by atoms with van der Waals surface area (Å²) < 4.78 is 24.4. The van der Waals surface area contributed by atoms with Crippen molar-refractivity contribution in [3.05, 3.63) is 155 Å². The molecule has 5 aromatic rings. The summed E-state index contributed by atoms with van der Waals surface area (Å²) in [6.07, 6.45) is 1.74. The van der Waals surface area contributed by atoms with Gasteiger partial charge in [0.15, 0.2) is 16.3 Å². The third kappa shape index (κ3) is 7.12. The Balaban J connectivity index is 1.47. The van der Waals surface area contributed by atoms with Crippen LogP contribution < -0.4 is 24.4 Å². The second kappa shape index (κ2) is 15.4. The number of nitrogens with zero attached hydrogens (tertiary/aromatic N) is 2. The van der Waals surface area contributed by atoms with Crippen molar-refractivity contribution in [2.24, 2.45) is 4.99 Å². The summed E-state index contributed by atoms with van der Waals surface area (Å²) in [5, 5.41) is 0.520. The van der Waals surface area contributed by atoms with Crippen LogP contribution in [0.25, 0.3) is 11.8 Å². The number of ether oxygens (including phenoxy) is 4. The molecule has 9 nitrogen and oxygen atoms in total. The van der Waals surface area contributed by atoms with Crippen LogP contribution in [-0.2, 0) is 20.9 Å². The molecule has 11 heteroatoms. The van der Waals surface area contributed by atoms with Crippen molar-refractivity contribution in [2.45, 2.75) is 26.5 Å². The maximum absolute atomic E-state index is 14.4. The third-order valence-electron chi connectivity index (χ3n) is 7.92. The van der Waals surface area contributed by atoms with E-state index < -0.39 is 18.0 Å². The summed E-state index contributed by atoms with van der Waals surface area (Å²) in [5.41, 5.74) is 3.59. The van der Waals surface area contributed by atoms with Crippen molar-refractivity contribution < 1.29 is 28.5 Å². The highest BCUT2D eigenvalue weighted by Gasteiger charge is 2.35. The first kappa shape index (κ1) is 34.4. The van der Waals surface area contributed by atoms with Gasteiger partial charge in [-0.2, -0.15) is 0 Å². The number of rotatable bonds is 11. The summed E-state index contributed by atoms with van der Waals surface area (Å²) in [4.78, 5) is 45.5. The van der Waals surface area contributed by atoms with E-state index in [1.807, 2.05) is 42.5 Å². The van der Waals surface area contributed by atoms with E-state index in [0.717, 1.165) is 5.56 Å². The van der Waals surface area contributed by atoms with E-state index >= 15 is 0 Å². The van der Waals surface area contributed by atoms with Gasteiger partial charge in [0.1, 0.15) is 6.61 Å². The standard InChI is InChI=1S/C39H33ClN2O7S/c1-4-47-37(44)27-16-14-24(15-17-27)23-49-35-28(12-9-13-30(35)46-3)22-31-36(43)42-34(26-18-20-29(40)21-19-26)32(38(45)48-5-2)33(41-39(42)50-31)25-10-7-6-8-11-25/h6-22,34H,4-5,23H2,1-3H3/b31-22-/t34-/m0/s1. The lowest BCUT2D eigenvalue weighted by Crippen LogP contribution is -2.40. The van der Waals surface area contributed by atoms with Crippen LogP contribution in [0.1, 0.15) is 52.5 Å². The number of methoxy groups -OCH3 is 1. The maximum atomic E-state index is 14.4. The molecule has 50 heavy (non-hydrogen) atoms. The molecular formula is C39H33ClN2O7S. The number of hydrogen-bond donors (Lipinski definition) is 0. The Labute approximate surface area is 297 Å². The number of carbonyl (C=O) groups is 2. The van der Waals surface area contributed by atoms with Crippen LogP contribution in [0.15, 0.2) is 112 Å². The Hall–Kier alpha value is -5.45. The van der Waals surface area contributed by atoms with Crippen LogP contribution in [0.3, 0.4) is 0 Å². The first-order chi connectivity index (χ1) is 24.3. The van der Waals surface area contributed by atoms with Gasteiger partial charge in [-0.15, -0.1) is 0 Å². The molecule has 1 aliphatic heterocycles. The number of aromatic nitrogens is 1. The molecule has 2 heterocycles. The minimum Gasteiger partial charge on any atom is -0.493 e. The zero-order chi connectivity index (χ0) is 35.2. The molecule has 0 N–H and O–H groups in total. The third-order valence-corrected chi connectivity index (χ3v) is 9.16. The van der Waals surface area contributed by atoms with E-state index in [2.05, 4.69) is 0 Å². The van der Waals surface area contributed by atoms with Crippen LogP contribution in [0.2, 0.25) is 5.02 Å². The molecule has 4 aromatic carbocycles. The van der Waals surface area contributed by atoms with Gasteiger partial charge in [0.05, 0.1) is 47.7 Å².